The highest BCUT2D eigenvalue weighted by Crippen LogP contribution is 2.38. The lowest BCUT2D eigenvalue weighted by Gasteiger charge is -2.31. The molecule has 1 N–H and O–H groups in total. The molecule has 0 bridgehead atoms. The van der Waals surface area contributed by atoms with E-state index in [1.54, 1.807) is 37.3 Å². The lowest BCUT2D eigenvalue weighted by atomic mass is 9.95. The van der Waals surface area contributed by atoms with Crippen molar-refractivity contribution in [1.29, 1.82) is 0 Å². The van der Waals surface area contributed by atoms with Crippen LogP contribution >= 0.6 is 11.6 Å². The van der Waals surface area contributed by atoms with E-state index in [0.29, 0.717) is 34.3 Å². The van der Waals surface area contributed by atoms with Crippen LogP contribution < -0.4 is 15.0 Å². The monoisotopic (exact) mass is 383 g/mol. The second-order valence-electron chi connectivity index (χ2n) is 6.45. The molecule has 7 heteroatoms. The number of carbonyl (C=O) groups is 2. The number of halogens is 1. The van der Waals surface area contributed by atoms with Crippen molar-refractivity contribution in [3.8, 4) is 5.75 Å². The van der Waals surface area contributed by atoms with E-state index < -0.39 is 6.04 Å². The van der Waals surface area contributed by atoms with Crippen LogP contribution in [0.2, 0.25) is 5.02 Å². The first-order chi connectivity index (χ1) is 13.0. The number of nitrogens with zero attached hydrogens (tertiary/aromatic N) is 2. The van der Waals surface area contributed by atoms with Crippen LogP contribution in [-0.4, -0.2) is 37.5 Å². The molecule has 1 atom stereocenters. The number of anilines is 1. The summed E-state index contributed by atoms with van der Waals surface area (Å²) >= 11 is 6.09. The zero-order valence-corrected chi connectivity index (χ0v) is 15.7. The molecule has 6 nitrogen and oxygen atoms in total. The van der Waals surface area contributed by atoms with Gasteiger partial charge in [-0.05, 0) is 35.9 Å². The van der Waals surface area contributed by atoms with Gasteiger partial charge in [-0.1, -0.05) is 29.8 Å². The zero-order valence-electron chi connectivity index (χ0n) is 14.9. The van der Waals surface area contributed by atoms with Crippen LogP contribution in [0, 0.1) is 0 Å². The summed E-state index contributed by atoms with van der Waals surface area (Å²) in [5, 5.41) is 3.47. The number of methoxy groups -OCH3 is 1. The molecular formula is C20H18ClN3O3. The largest absolute Gasteiger partial charge is 0.497 e. The summed E-state index contributed by atoms with van der Waals surface area (Å²) in [4.78, 5) is 28.8. The number of likely N-dealkylation sites (N-methyl/N-ethyl adjacent to an activating group) is 1. The molecule has 0 spiro atoms. The van der Waals surface area contributed by atoms with Gasteiger partial charge >= 0.3 is 6.03 Å². The number of urea groups is 1. The number of hydrogen-bond acceptors (Lipinski definition) is 3. The average molecular weight is 384 g/mol. The molecule has 138 valence electrons. The molecule has 0 unspecified atom stereocenters. The van der Waals surface area contributed by atoms with Crippen LogP contribution in [0.5, 0.6) is 5.75 Å². The van der Waals surface area contributed by atoms with Crippen LogP contribution in [0.4, 0.5) is 10.5 Å². The summed E-state index contributed by atoms with van der Waals surface area (Å²) in [6.07, 6.45) is 0. The van der Waals surface area contributed by atoms with Gasteiger partial charge in [0.15, 0.2) is 0 Å². The molecule has 0 saturated heterocycles. The molecule has 2 aliphatic heterocycles. The number of carbonyl (C=O) groups excluding carboxylic acids is 2. The van der Waals surface area contributed by atoms with Crippen LogP contribution in [0.3, 0.4) is 0 Å². The minimum absolute atomic E-state index is 0.139. The van der Waals surface area contributed by atoms with E-state index in [1.165, 1.54) is 4.90 Å². The van der Waals surface area contributed by atoms with Gasteiger partial charge in [0.2, 0.25) is 0 Å². The Balaban J connectivity index is 1.74. The second kappa shape index (κ2) is 6.63. The van der Waals surface area contributed by atoms with Gasteiger partial charge in [0.1, 0.15) is 5.75 Å². The molecule has 2 aliphatic rings. The Morgan fingerprint density at radius 2 is 1.89 bits per heavy atom. The lowest BCUT2D eigenvalue weighted by molar-refractivity contribution is -0.114. The van der Waals surface area contributed by atoms with Gasteiger partial charge in [-0.2, -0.15) is 0 Å². The van der Waals surface area contributed by atoms with Gasteiger partial charge in [-0.25, -0.2) is 4.79 Å². The van der Waals surface area contributed by atoms with Gasteiger partial charge in [0, 0.05) is 17.8 Å². The van der Waals surface area contributed by atoms with Gasteiger partial charge in [0.05, 0.1) is 31.0 Å². The topological polar surface area (TPSA) is 61.9 Å². The molecule has 0 aliphatic carbocycles. The van der Waals surface area contributed by atoms with Crippen molar-refractivity contribution in [2.24, 2.45) is 0 Å². The summed E-state index contributed by atoms with van der Waals surface area (Å²) in [6.45, 7) is 0.324. The van der Waals surface area contributed by atoms with Crippen LogP contribution in [0.25, 0.3) is 0 Å². The van der Waals surface area contributed by atoms with E-state index in [0.717, 1.165) is 5.56 Å². The molecular weight excluding hydrogens is 366 g/mol. The highest BCUT2D eigenvalue weighted by atomic mass is 35.5. The third-order valence-electron chi connectivity index (χ3n) is 4.93. The molecule has 3 amide bonds. The Labute approximate surface area is 162 Å². The van der Waals surface area contributed by atoms with Crippen molar-refractivity contribution >= 4 is 29.2 Å². The quantitative estimate of drug-likeness (QED) is 0.884. The molecule has 0 aromatic heterocycles. The number of rotatable bonds is 3. The summed E-state index contributed by atoms with van der Waals surface area (Å²) < 4.78 is 5.19. The van der Waals surface area contributed by atoms with E-state index in [2.05, 4.69) is 5.32 Å². The predicted octanol–water partition coefficient (Wildman–Crippen LogP) is 3.35. The number of ether oxygens (including phenoxy) is 1. The second-order valence-corrected chi connectivity index (χ2v) is 6.88. The third-order valence-corrected chi connectivity index (χ3v) is 5.16. The minimum atomic E-state index is -0.508. The van der Waals surface area contributed by atoms with Crippen molar-refractivity contribution in [1.82, 2.24) is 10.2 Å². The number of benzene rings is 2. The average Bonchev–Trinajstić information content (AvgIpc) is 3.02. The molecule has 4 rings (SSSR count). The summed E-state index contributed by atoms with van der Waals surface area (Å²) in [5.41, 5.74) is 2.80. The van der Waals surface area contributed by atoms with E-state index in [4.69, 9.17) is 16.3 Å². The molecule has 0 fully saturated rings. The van der Waals surface area contributed by atoms with Gasteiger partial charge in [-0.15, -0.1) is 0 Å². The summed E-state index contributed by atoms with van der Waals surface area (Å²) in [5.74, 6) is 0.574. The highest BCUT2D eigenvalue weighted by molar-refractivity contribution is 6.31. The lowest BCUT2D eigenvalue weighted by Crippen LogP contribution is -2.45. The SMILES string of the molecule is COc1ccc([C@H]2NC(=O)N(C)C3=C2C(=O)N(c2cccc(Cl)c2)C3)cc1. The zero-order chi connectivity index (χ0) is 19.1. The van der Waals surface area contributed by atoms with Crippen molar-refractivity contribution in [3.63, 3.8) is 0 Å². The molecule has 0 radical (unpaired) electrons. The maximum Gasteiger partial charge on any atom is 0.322 e. The standard InChI is InChI=1S/C20H18ClN3O3/c1-23-16-11-24(14-5-3-4-13(21)10-14)19(25)17(16)18(22-20(23)26)12-6-8-15(27-2)9-7-12/h3-10,18H,11H2,1-2H3,(H,22,26)/t18-/m1/s1. The first-order valence-corrected chi connectivity index (χ1v) is 8.86. The first kappa shape index (κ1) is 17.4. The van der Waals surface area contributed by atoms with Crippen molar-refractivity contribution in [2.45, 2.75) is 6.04 Å². The molecule has 2 heterocycles. The predicted molar refractivity (Wildman–Crippen MR) is 103 cm³/mol. The summed E-state index contributed by atoms with van der Waals surface area (Å²) in [7, 11) is 3.26. The molecule has 27 heavy (non-hydrogen) atoms. The first-order valence-electron chi connectivity index (χ1n) is 8.48. The molecule has 2 aromatic rings. The number of hydrogen-bond donors (Lipinski definition) is 1. The molecule has 2 aromatic carbocycles. The van der Waals surface area contributed by atoms with Gasteiger partial charge in [0.25, 0.3) is 5.91 Å². The smallest absolute Gasteiger partial charge is 0.322 e. The van der Waals surface area contributed by atoms with Crippen molar-refractivity contribution in [3.05, 3.63) is 70.4 Å². The van der Waals surface area contributed by atoms with Crippen molar-refractivity contribution in [2.75, 3.05) is 25.6 Å². The fourth-order valence-corrected chi connectivity index (χ4v) is 3.65. The van der Waals surface area contributed by atoms with Gasteiger partial charge in [-0.3, -0.25) is 9.69 Å². The number of nitrogens with one attached hydrogen (secondary N) is 1. The highest BCUT2D eigenvalue weighted by Gasteiger charge is 2.43. The normalized spacial score (nSPS) is 19.3. The number of amides is 3. The molecule has 0 saturated carbocycles. The fraction of sp³-hybridized carbons (Fsp3) is 0.200. The third kappa shape index (κ3) is 2.92. The van der Waals surface area contributed by atoms with Crippen LogP contribution in [-0.2, 0) is 4.79 Å². The maximum absolute atomic E-state index is 13.2. The van der Waals surface area contributed by atoms with E-state index in [9.17, 15) is 9.59 Å². The van der Waals surface area contributed by atoms with E-state index in [-0.39, 0.29) is 11.9 Å². The van der Waals surface area contributed by atoms with Crippen LogP contribution in [0.15, 0.2) is 59.8 Å². The van der Waals surface area contributed by atoms with Gasteiger partial charge < -0.3 is 15.0 Å². The van der Waals surface area contributed by atoms with Crippen LogP contribution in [0.1, 0.15) is 11.6 Å². The van der Waals surface area contributed by atoms with Crippen molar-refractivity contribution < 1.29 is 14.3 Å². The Morgan fingerprint density at radius 1 is 1.15 bits per heavy atom. The Bertz CT molecular complexity index is 955. The Morgan fingerprint density at radius 3 is 2.56 bits per heavy atom. The maximum atomic E-state index is 13.2. The fourth-order valence-electron chi connectivity index (χ4n) is 3.47. The van der Waals surface area contributed by atoms with E-state index in [1.807, 2.05) is 30.3 Å². The summed E-state index contributed by atoms with van der Waals surface area (Å²) in [6, 6.07) is 13.7. The van der Waals surface area contributed by atoms with E-state index >= 15 is 0 Å². The minimum Gasteiger partial charge on any atom is -0.497 e. The Kier molecular flexibility index (Phi) is 4.28. The Hall–Kier alpha value is -2.99.